The number of ketones is 1. The number of thiophene rings is 1. The Morgan fingerprint density at radius 1 is 1.67 bits per heavy atom. The van der Waals surface area contributed by atoms with Crippen LogP contribution < -0.4 is 5.32 Å². The number of hydrogen-bond acceptors (Lipinski definition) is 3. The van der Waals surface area contributed by atoms with Crippen LogP contribution in [-0.4, -0.2) is 19.4 Å². The van der Waals surface area contributed by atoms with Crippen molar-refractivity contribution in [3.8, 4) is 0 Å². The Morgan fingerprint density at radius 2 is 2.42 bits per heavy atom. The third-order valence-electron chi connectivity index (χ3n) is 1.40. The van der Waals surface area contributed by atoms with Gasteiger partial charge in [-0.2, -0.15) is 0 Å². The molecular weight excluding hydrogens is 170 g/mol. The molecule has 2 nitrogen and oxygen atoms in total. The molecule has 0 radical (unpaired) electrons. The monoisotopic (exact) mass is 185 g/mol. The standard InChI is InChI=1S/C8H11NOS.CH4/c1-9-5-4-7(10)8-3-2-6-11-8;/h2-3,6,9H,4-5H2,1H3;1H4. The van der Waals surface area contributed by atoms with Crippen LogP contribution in [-0.2, 0) is 0 Å². The number of nitrogens with one attached hydrogen (secondary N) is 1. The molecule has 0 atom stereocenters. The first kappa shape index (κ1) is 11.3. The molecule has 12 heavy (non-hydrogen) atoms. The Balaban J connectivity index is 0.00000121. The van der Waals surface area contributed by atoms with Gasteiger partial charge in [-0.25, -0.2) is 0 Å². The summed E-state index contributed by atoms with van der Waals surface area (Å²) in [6, 6.07) is 3.76. The Kier molecular flexibility index (Phi) is 5.58. The molecule has 1 aromatic heterocycles. The molecule has 0 aliphatic carbocycles. The lowest BCUT2D eigenvalue weighted by atomic mass is 10.2. The molecule has 0 aliphatic heterocycles. The van der Waals surface area contributed by atoms with Crippen LogP contribution in [0.5, 0.6) is 0 Å². The molecule has 0 aromatic carbocycles. The Labute approximate surface area is 77.6 Å². The lowest BCUT2D eigenvalue weighted by molar-refractivity contribution is 0.0987. The molecular formula is C9H15NOS. The first-order valence-electron chi connectivity index (χ1n) is 3.56. The minimum Gasteiger partial charge on any atom is -0.319 e. The molecule has 68 valence electrons. The molecule has 1 heterocycles. The highest BCUT2D eigenvalue weighted by Gasteiger charge is 2.04. The van der Waals surface area contributed by atoms with Crippen molar-refractivity contribution in [3.05, 3.63) is 22.4 Å². The number of hydrogen-bond donors (Lipinski definition) is 1. The predicted octanol–water partition coefficient (Wildman–Crippen LogP) is 2.18. The Bertz CT molecular complexity index is 218. The van der Waals surface area contributed by atoms with E-state index >= 15 is 0 Å². The van der Waals surface area contributed by atoms with Crippen molar-refractivity contribution >= 4 is 17.1 Å². The molecule has 0 saturated heterocycles. The third kappa shape index (κ3) is 3.15. The van der Waals surface area contributed by atoms with Crippen molar-refractivity contribution in [3.63, 3.8) is 0 Å². The maximum absolute atomic E-state index is 11.2. The minimum absolute atomic E-state index is 0. The summed E-state index contributed by atoms with van der Waals surface area (Å²) in [5.74, 6) is 0.231. The normalized spacial score (nSPS) is 9.08. The van der Waals surface area contributed by atoms with Gasteiger partial charge in [-0.05, 0) is 18.5 Å². The van der Waals surface area contributed by atoms with Crippen LogP contribution in [0.1, 0.15) is 23.5 Å². The van der Waals surface area contributed by atoms with E-state index in [2.05, 4.69) is 5.32 Å². The fraction of sp³-hybridized carbons (Fsp3) is 0.444. The summed E-state index contributed by atoms with van der Waals surface area (Å²) < 4.78 is 0. The summed E-state index contributed by atoms with van der Waals surface area (Å²) in [4.78, 5) is 12.1. The van der Waals surface area contributed by atoms with Gasteiger partial charge in [0.1, 0.15) is 0 Å². The van der Waals surface area contributed by atoms with Gasteiger partial charge < -0.3 is 5.32 Å². The summed E-state index contributed by atoms with van der Waals surface area (Å²) in [5.41, 5.74) is 0. The molecule has 0 bridgehead atoms. The van der Waals surface area contributed by atoms with Crippen molar-refractivity contribution in [1.82, 2.24) is 5.32 Å². The van der Waals surface area contributed by atoms with E-state index in [0.29, 0.717) is 6.42 Å². The molecule has 0 aliphatic rings. The van der Waals surface area contributed by atoms with Gasteiger partial charge >= 0.3 is 0 Å². The van der Waals surface area contributed by atoms with Crippen LogP contribution >= 0.6 is 11.3 Å². The average molecular weight is 185 g/mol. The van der Waals surface area contributed by atoms with Crippen LogP contribution in [0.4, 0.5) is 0 Å². The largest absolute Gasteiger partial charge is 0.319 e. The Hall–Kier alpha value is -0.670. The fourth-order valence-electron chi connectivity index (χ4n) is 0.799. The lowest BCUT2D eigenvalue weighted by Crippen LogP contribution is -2.12. The maximum Gasteiger partial charge on any atom is 0.174 e. The van der Waals surface area contributed by atoms with Crippen molar-refractivity contribution in [2.45, 2.75) is 13.8 Å². The van der Waals surface area contributed by atoms with Crippen LogP contribution in [0.3, 0.4) is 0 Å². The molecule has 0 fully saturated rings. The van der Waals surface area contributed by atoms with Crippen LogP contribution in [0, 0.1) is 0 Å². The first-order valence-corrected chi connectivity index (χ1v) is 4.44. The van der Waals surface area contributed by atoms with E-state index in [4.69, 9.17) is 0 Å². The maximum atomic E-state index is 11.2. The van der Waals surface area contributed by atoms with E-state index in [1.165, 1.54) is 11.3 Å². The summed E-state index contributed by atoms with van der Waals surface area (Å²) in [6.07, 6.45) is 0.594. The molecule has 0 spiro atoms. The predicted molar refractivity (Wildman–Crippen MR) is 53.9 cm³/mol. The van der Waals surface area contributed by atoms with Gasteiger partial charge in [0.05, 0.1) is 4.88 Å². The van der Waals surface area contributed by atoms with Gasteiger partial charge in [0.25, 0.3) is 0 Å². The molecule has 0 amide bonds. The van der Waals surface area contributed by atoms with E-state index in [-0.39, 0.29) is 13.2 Å². The minimum atomic E-state index is 0. The van der Waals surface area contributed by atoms with Gasteiger partial charge in [0.15, 0.2) is 5.78 Å². The SMILES string of the molecule is C.CNCCC(=O)c1cccs1. The van der Waals surface area contributed by atoms with E-state index in [1.807, 2.05) is 24.6 Å². The number of carbonyl (C=O) groups excluding carboxylic acids is 1. The average Bonchev–Trinajstić information content (AvgIpc) is 2.52. The van der Waals surface area contributed by atoms with Crippen molar-refractivity contribution in [1.29, 1.82) is 0 Å². The molecule has 0 unspecified atom stereocenters. The number of rotatable bonds is 4. The second-order valence-electron chi connectivity index (χ2n) is 2.25. The van der Waals surface area contributed by atoms with E-state index < -0.39 is 0 Å². The van der Waals surface area contributed by atoms with Crippen molar-refractivity contribution < 1.29 is 4.79 Å². The smallest absolute Gasteiger partial charge is 0.174 e. The van der Waals surface area contributed by atoms with E-state index in [1.54, 1.807) is 0 Å². The van der Waals surface area contributed by atoms with Gasteiger partial charge in [0, 0.05) is 13.0 Å². The molecule has 3 heteroatoms. The van der Waals surface area contributed by atoms with Crippen molar-refractivity contribution in [2.24, 2.45) is 0 Å². The van der Waals surface area contributed by atoms with E-state index in [0.717, 1.165) is 11.4 Å². The van der Waals surface area contributed by atoms with Crippen LogP contribution in [0.25, 0.3) is 0 Å². The van der Waals surface area contributed by atoms with Crippen LogP contribution in [0.2, 0.25) is 0 Å². The highest BCUT2D eigenvalue weighted by Crippen LogP contribution is 2.10. The first-order chi connectivity index (χ1) is 5.34. The number of carbonyl (C=O) groups is 1. The zero-order chi connectivity index (χ0) is 8.10. The molecule has 1 N–H and O–H groups in total. The van der Waals surface area contributed by atoms with E-state index in [9.17, 15) is 4.79 Å². The summed E-state index contributed by atoms with van der Waals surface area (Å²) >= 11 is 1.50. The summed E-state index contributed by atoms with van der Waals surface area (Å²) in [6.45, 7) is 0.761. The van der Waals surface area contributed by atoms with Crippen LogP contribution in [0.15, 0.2) is 17.5 Å². The fourth-order valence-corrected chi connectivity index (χ4v) is 1.49. The second kappa shape index (κ2) is 5.91. The quantitative estimate of drug-likeness (QED) is 0.728. The van der Waals surface area contributed by atoms with Gasteiger partial charge in [-0.1, -0.05) is 13.5 Å². The van der Waals surface area contributed by atoms with Gasteiger partial charge in [0.2, 0.25) is 0 Å². The third-order valence-corrected chi connectivity index (χ3v) is 2.31. The zero-order valence-corrected chi connectivity index (χ0v) is 7.28. The highest BCUT2D eigenvalue weighted by atomic mass is 32.1. The van der Waals surface area contributed by atoms with Crippen molar-refractivity contribution in [2.75, 3.05) is 13.6 Å². The molecule has 0 saturated carbocycles. The van der Waals surface area contributed by atoms with Gasteiger partial charge in [-0.15, -0.1) is 11.3 Å². The highest BCUT2D eigenvalue weighted by molar-refractivity contribution is 7.12. The topological polar surface area (TPSA) is 29.1 Å². The zero-order valence-electron chi connectivity index (χ0n) is 6.46. The summed E-state index contributed by atoms with van der Waals surface area (Å²) in [5, 5.41) is 4.87. The lowest BCUT2D eigenvalue weighted by Gasteiger charge is -1.95. The Morgan fingerprint density at radius 3 is 2.92 bits per heavy atom. The molecule has 1 aromatic rings. The molecule has 1 rings (SSSR count). The second-order valence-corrected chi connectivity index (χ2v) is 3.20. The number of Topliss-reactive ketones (excluding diaryl/α,β-unsaturated/α-hetero) is 1. The summed E-state index contributed by atoms with van der Waals surface area (Å²) in [7, 11) is 1.85. The van der Waals surface area contributed by atoms with Gasteiger partial charge in [-0.3, -0.25) is 4.79 Å².